The van der Waals surface area contributed by atoms with Gasteiger partial charge in [0.25, 0.3) is 0 Å². The van der Waals surface area contributed by atoms with E-state index < -0.39 is 23.8 Å². The van der Waals surface area contributed by atoms with E-state index in [0.717, 1.165) is 27.8 Å². The second-order valence-corrected chi connectivity index (χ2v) is 9.01. The summed E-state index contributed by atoms with van der Waals surface area (Å²) in [5.74, 6) is -0.238. The van der Waals surface area contributed by atoms with E-state index in [9.17, 15) is 9.59 Å². The molecule has 0 saturated heterocycles. The van der Waals surface area contributed by atoms with Crippen molar-refractivity contribution in [3.05, 3.63) is 83.4 Å². The van der Waals surface area contributed by atoms with E-state index in [-0.39, 0.29) is 18.9 Å². The zero-order valence-electron chi connectivity index (χ0n) is 19.0. The molecule has 5 rings (SSSR count). The zero-order chi connectivity index (χ0) is 23.9. The first-order valence-corrected chi connectivity index (χ1v) is 11.2. The molecule has 3 aromatic rings. The number of nitrogens with two attached hydrogens (primary N) is 1. The van der Waals surface area contributed by atoms with Crippen molar-refractivity contribution in [3.8, 4) is 22.6 Å². The fourth-order valence-electron chi connectivity index (χ4n) is 4.63. The normalized spacial score (nSPS) is 15.8. The summed E-state index contributed by atoms with van der Waals surface area (Å²) in [5.41, 5.74) is 10.9. The Balaban J connectivity index is 1.25. The maximum Gasteiger partial charge on any atom is 0.407 e. The molecule has 34 heavy (non-hydrogen) atoms. The summed E-state index contributed by atoms with van der Waals surface area (Å²) in [4.78, 5) is 24.7. The minimum Gasteiger partial charge on any atom is -0.449 e. The first kappa shape index (κ1) is 21.8. The molecule has 0 spiro atoms. The van der Waals surface area contributed by atoms with Crippen molar-refractivity contribution >= 4 is 12.0 Å². The smallest absolute Gasteiger partial charge is 0.407 e. The van der Waals surface area contributed by atoms with E-state index in [1.165, 1.54) is 0 Å². The van der Waals surface area contributed by atoms with Gasteiger partial charge in [0, 0.05) is 26.2 Å². The lowest BCUT2D eigenvalue weighted by Crippen LogP contribution is -2.46. The number of ether oxygens (including phenoxy) is 3. The van der Waals surface area contributed by atoms with Crippen LogP contribution in [0.3, 0.4) is 0 Å². The highest BCUT2D eigenvalue weighted by molar-refractivity contribution is 5.84. The molecule has 1 unspecified atom stereocenters. The highest BCUT2D eigenvalue weighted by atomic mass is 16.7. The number of rotatable bonds is 6. The minimum absolute atomic E-state index is 0.0672. The lowest BCUT2D eigenvalue weighted by Gasteiger charge is -2.18. The van der Waals surface area contributed by atoms with Crippen LogP contribution in [0.15, 0.2) is 66.7 Å². The topological polar surface area (TPSA) is 99.9 Å². The van der Waals surface area contributed by atoms with Gasteiger partial charge in [-0.3, -0.25) is 4.79 Å². The Morgan fingerprint density at radius 3 is 2.24 bits per heavy atom. The maximum atomic E-state index is 12.6. The molecular weight excluding hydrogens is 432 g/mol. The van der Waals surface area contributed by atoms with Gasteiger partial charge in [-0.05, 0) is 39.9 Å². The average Bonchev–Trinajstić information content (AvgIpc) is 3.29. The number of amides is 2. The van der Waals surface area contributed by atoms with Gasteiger partial charge in [-0.1, -0.05) is 54.6 Å². The predicted octanol–water partition coefficient (Wildman–Crippen LogP) is 4.13. The lowest BCUT2D eigenvalue weighted by atomic mass is 9.98. The number of hydrogen-bond donors (Lipinski definition) is 2. The van der Waals surface area contributed by atoms with Crippen LogP contribution in [0.4, 0.5) is 4.79 Å². The van der Waals surface area contributed by atoms with E-state index in [2.05, 4.69) is 17.4 Å². The molecule has 2 amide bonds. The van der Waals surface area contributed by atoms with Gasteiger partial charge >= 0.3 is 6.09 Å². The van der Waals surface area contributed by atoms with E-state index in [4.69, 9.17) is 19.9 Å². The standard InChI is InChI=1S/C27H26N2O5/c1-27(2)33-23-12-11-16(14-24(23)34-27)13-22(25(28)30)29-26(31)32-15-21-19-9-5-3-7-17(19)18-8-4-6-10-20(18)21/h3-12,14,21-22H,13,15H2,1-2H3,(H2,28,30)(H,29,31). The molecule has 0 bridgehead atoms. The van der Waals surface area contributed by atoms with Gasteiger partial charge in [-0.25, -0.2) is 4.79 Å². The molecule has 3 N–H and O–H groups in total. The van der Waals surface area contributed by atoms with Gasteiger partial charge < -0.3 is 25.3 Å². The van der Waals surface area contributed by atoms with Crippen molar-refractivity contribution in [3.63, 3.8) is 0 Å². The number of carbonyl (C=O) groups is 2. The Morgan fingerprint density at radius 2 is 1.59 bits per heavy atom. The summed E-state index contributed by atoms with van der Waals surface area (Å²) in [6, 6.07) is 20.7. The Morgan fingerprint density at radius 1 is 0.971 bits per heavy atom. The lowest BCUT2D eigenvalue weighted by molar-refractivity contribution is -0.119. The molecule has 2 aliphatic rings. The van der Waals surface area contributed by atoms with Crippen LogP contribution in [0.25, 0.3) is 11.1 Å². The van der Waals surface area contributed by atoms with E-state index >= 15 is 0 Å². The first-order valence-electron chi connectivity index (χ1n) is 11.2. The third-order valence-electron chi connectivity index (χ3n) is 6.14. The fourth-order valence-corrected chi connectivity index (χ4v) is 4.63. The Kier molecular flexibility index (Phi) is 5.40. The molecule has 1 aliphatic heterocycles. The molecule has 1 heterocycles. The Bertz CT molecular complexity index is 1220. The average molecular weight is 459 g/mol. The fraction of sp³-hybridized carbons (Fsp3) is 0.259. The van der Waals surface area contributed by atoms with Gasteiger partial charge in [0.15, 0.2) is 11.5 Å². The maximum absolute atomic E-state index is 12.6. The third-order valence-corrected chi connectivity index (χ3v) is 6.14. The molecule has 3 aromatic carbocycles. The Hall–Kier alpha value is -4.00. The van der Waals surface area contributed by atoms with Crippen LogP contribution in [0.1, 0.15) is 36.5 Å². The van der Waals surface area contributed by atoms with E-state index in [0.29, 0.717) is 11.5 Å². The SMILES string of the molecule is CC1(C)Oc2ccc(CC(NC(=O)OCC3c4ccccc4-c4ccccc43)C(N)=O)cc2O1. The van der Waals surface area contributed by atoms with Crippen LogP contribution in [0, 0.1) is 0 Å². The third kappa shape index (κ3) is 4.17. The summed E-state index contributed by atoms with van der Waals surface area (Å²) in [5, 5.41) is 2.61. The van der Waals surface area contributed by atoms with Gasteiger partial charge in [0.05, 0.1) is 0 Å². The van der Waals surface area contributed by atoms with E-state index in [1.54, 1.807) is 12.1 Å². The molecule has 0 aromatic heterocycles. The second-order valence-electron chi connectivity index (χ2n) is 9.01. The van der Waals surface area contributed by atoms with Crippen molar-refractivity contribution in [2.75, 3.05) is 6.61 Å². The summed E-state index contributed by atoms with van der Waals surface area (Å²) >= 11 is 0. The number of fused-ring (bicyclic) bond motifs is 4. The Labute approximate surface area is 197 Å². The highest BCUT2D eigenvalue weighted by Gasteiger charge is 2.32. The molecule has 0 radical (unpaired) electrons. The predicted molar refractivity (Wildman–Crippen MR) is 127 cm³/mol. The zero-order valence-corrected chi connectivity index (χ0v) is 19.0. The van der Waals surface area contributed by atoms with Gasteiger partial charge in [-0.2, -0.15) is 0 Å². The number of primary amides is 1. The van der Waals surface area contributed by atoms with Crippen LogP contribution in [0.2, 0.25) is 0 Å². The van der Waals surface area contributed by atoms with Crippen molar-refractivity contribution in [1.29, 1.82) is 0 Å². The van der Waals surface area contributed by atoms with Crippen LogP contribution >= 0.6 is 0 Å². The van der Waals surface area contributed by atoms with Gasteiger partial charge in [-0.15, -0.1) is 0 Å². The molecule has 1 atom stereocenters. The molecule has 1 aliphatic carbocycles. The second kappa shape index (κ2) is 8.41. The number of nitrogens with one attached hydrogen (secondary N) is 1. The largest absolute Gasteiger partial charge is 0.449 e. The quantitative estimate of drug-likeness (QED) is 0.579. The molecule has 174 valence electrons. The van der Waals surface area contributed by atoms with Crippen molar-refractivity contribution < 1.29 is 23.8 Å². The number of carbonyl (C=O) groups excluding carboxylic acids is 2. The van der Waals surface area contributed by atoms with Gasteiger partial charge in [0.1, 0.15) is 12.6 Å². The summed E-state index contributed by atoms with van der Waals surface area (Å²) in [6.45, 7) is 3.79. The number of alkyl carbamates (subject to hydrolysis) is 1. The van der Waals surface area contributed by atoms with Gasteiger partial charge in [0.2, 0.25) is 11.7 Å². The number of benzene rings is 3. The number of hydrogen-bond acceptors (Lipinski definition) is 5. The van der Waals surface area contributed by atoms with Crippen molar-refractivity contribution in [2.24, 2.45) is 5.73 Å². The monoisotopic (exact) mass is 458 g/mol. The van der Waals surface area contributed by atoms with Crippen molar-refractivity contribution in [2.45, 2.75) is 38.0 Å². The van der Waals surface area contributed by atoms with Crippen LogP contribution in [-0.4, -0.2) is 30.4 Å². The summed E-state index contributed by atoms with van der Waals surface area (Å²) < 4.78 is 17.0. The van der Waals surface area contributed by atoms with Crippen molar-refractivity contribution in [1.82, 2.24) is 5.32 Å². The van der Waals surface area contributed by atoms with Crippen LogP contribution in [0.5, 0.6) is 11.5 Å². The first-order chi connectivity index (χ1) is 16.3. The summed E-state index contributed by atoms with van der Waals surface area (Å²) in [7, 11) is 0. The molecule has 0 fully saturated rings. The summed E-state index contributed by atoms with van der Waals surface area (Å²) in [6.07, 6.45) is -0.483. The minimum atomic E-state index is -0.927. The molecule has 7 heteroatoms. The molecular formula is C27H26N2O5. The van der Waals surface area contributed by atoms with E-state index in [1.807, 2.05) is 56.3 Å². The molecule has 0 saturated carbocycles. The highest BCUT2D eigenvalue weighted by Crippen LogP contribution is 2.44. The van der Waals surface area contributed by atoms with Crippen LogP contribution in [-0.2, 0) is 16.0 Å². The van der Waals surface area contributed by atoms with Crippen LogP contribution < -0.4 is 20.5 Å². The molecule has 7 nitrogen and oxygen atoms in total.